The second-order valence-electron chi connectivity index (χ2n) is 6.80. The summed E-state index contributed by atoms with van der Waals surface area (Å²) < 4.78 is 27.7. The van der Waals surface area contributed by atoms with E-state index >= 15 is 0 Å². The van der Waals surface area contributed by atoms with Gasteiger partial charge in [-0.25, -0.2) is 8.42 Å². The summed E-state index contributed by atoms with van der Waals surface area (Å²) in [7, 11) is -3.90. The second kappa shape index (κ2) is 8.87. The number of sulfonamides is 1. The minimum absolute atomic E-state index is 0.142. The molecule has 0 atom stereocenters. The minimum atomic E-state index is -3.90. The van der Waals surface area contributed by atoms with Crippen molar-refractivity contribution in [1.29, 1.82) is 0 Å². The lowest BCUT2D eigenvalue weighted by molar-refractivity contribution is -0.119. The Hall–Kier alpha value is -3.19. The molecule has 0 fully saturated rings. The molecule has 3 rings (SSSR count). The van der Waals surface area contributed by atoms with Crippen LogP contribution < -0.4 is 9.62 Å². The van der Waals surface area contributed by atoms with Crippen molar-refractivity contribution in [1.82, 2.24) is 10.3 Å². The smallest absolute Gasteiger partial charge is 0.264 e. The monoisotopic (exact) mass is 409 g/mol. The van der Waals surface area contributed by atoms with Crippen LogP contribution >= 0.6 is 0 Å². The van der Waals surface area contributed by atoms with Crippen LogP contribution in [0.4, 0.5) is 5.69 Å². The van der Waals surface area contributed by atoms with Gasteiger partial charge in [0, 0.05) is 18.9 Å². The Kier molecular flexibility index (Phi) is 6.29. The maximum Gasteiger partial charge on any atom is 0.264 e. The number of carbonyl (C=O) groups excluding carboxylic acids is 1. The van der Waals surface area contributed by atoms with E-state index in [1.54, 1.807) is 54.9 Å². The predicted molar refractivity (Wildman–Crippen MR) is 113 cm³/mol. The molecular formula is C22H23N3O3S. The number of amides is 1. The molecule has 6 nitrogen and oxygen atoms in total. The Labute approximate surface area is 171 Å². The van der Waals surface area contributed by atoms with Crippen molar-refractivity contribution < 1.29 is 13.2 Å². The molecule has 150 valence electrons. The molecule has 0 aliphatic carbocycles. The van der Waals surface area contributed by atoms with E-state index < -0.39 is 15.9 Å². The highest BCUT2D eigenvalue weighted by Crippen LogP contribution is 2.24. The fraction of sp³-hybridized carbons (Fsp3) is 0.182. The molecule has 1 amide bonds. The summed E-state index contributed by atoms with van der Waals surface area (Å²) in [5, 5.41) is 2.76. The Morgan fingerprint density at radius 1 is 0.966 bits per heavy atom. The molecule has 2 aromatic carbocycles. The van der Waals surface area contributed by atoms with E-state index in [-0.39, 0.29) is 18.0 Å². The van der Waals surface area contributed by atoms with Crippen LogP contribution in [0, 0.1) is 13.8 Å². The third-order valence-electron chi connectivity index (χ3n) is 4.43. The topological polar surface area (TPSA) is 79.4 Å². The van der Waals surface area contributed by atoms with Gasteiger partial charge >= 0.3 is 0 Å². The molecule has 0 saturated carbocycles. The van der Waals surface area contributed by atoms with Crippen LogP contribution in [-0.4, -0.2) is 25.9 Å². The lowest BCUT2D eigenvalue weighted by Gasteiger charge is -2.24. The first-order chi connectivity index (χ1) is 13.9. The Balaban J connectivity index is 1.86. The predicted octanol–water partition coefficient (Wildman–Crippen LogP) is 3.21. The number of aromatic nitrogens is 1. The van der Waals surface area contributed by atoms with Crippen LogP contribution in [0.1, 0.15) is 16.7 Å². The van der Waals surface area contributed by atoms with Crippen molar-refractivity contribution in [2.75, 3.05) is 10.8 Å². The molecule has 0 radical (unpaired) electrons. The van der Waals surface area contributed by atoms with Gasteiger partial charge in [-0.1, -0.05) is 41.5 Å². The zero-order valence-corrected chi connectivity index (χ0v) is 17.2. The van der Waals surface area contributed by atoms with Gasteiger partial charge in [-0.3, -0.25) is 14.1 Å². The van der Waals surface area contributed by atoms with Gasteiger partial charge in [0.2, 0.25) is 5.91 Å². The first-order valence-electron chi connectivity index (χ1n) is 9.18. The maximum absolute atomic E-state index is 13.3. The van der Waals surface area contributed by atoms with Crippen LogP contribution in [0.25, 0.3) is 0 Å². The molecule has 3 aromatic rings. The van der Waals surface area contributed by atoms with Gasteiger partial charge in [-0.15, -0.1) is 0 Å². The Morgan fingerprint density at radius 2 is 1.59 bits per heavy atom. The molecule has 29 heavy (non-hydrogen) atoms. The molecule has 1 aromatic heterocycles. The zero-order valence-electron chi connectivity index (χ0n) is 16.4. The summed E-state index contributed by atoms with van der Waals surface area (Å²) in [5.74, 6) is -0.398. The Bertz CT molecular complexity index is 1060. The van der Waals surface area contributed by atoms with Crippen molar-refractivity contribution in [2.45, 2.75) is 25.3 Å². The number of nitrogens with one attached hydrogen (secondary N) is 1. The average Bonchev–Trinajstić information content (AvgIpc) is 2.72. The largest absolute Gasteiger partial charge is 0.350 e. The lowest BCUT2D eigenvalue weighted by Crippen LogP contribution is -2.40. The van der Waals surface area contributed by atoms with E-state index in [2.05, 4.69) is 10.3 Å². The molecule has 1 heterocycles. The lowest BCUT2D eigenvalue weighted by atomic mass is 10.2. The summed E-state index contributed by atoms with van der Waals surface area (Å²) >= 11 is 0. The zero-order chi connectivity index (χ0) is 20.9. The van der Waals surface area contributed by atoms with Crippen molar-refractivity contribution >= 4 is 21.6 Å². The quantitative estimate of drug-likeness (QED) is 0.650. The SMILES string of the molecule is Cc1ccc(N(CC(=O)NCc2cccnc2)S(=O)(=O)c2ccc(C)cc2)cc1. The van der Waals surface area contributed by atoms with Crippen molar-refractivity contribution in [3.8, 4) is 0 Å². The molecule has 7 heteroatoms. The van der Waals surface area contributed by atoms with E-state index in [4.69, 9.17) is 0 Å². The van der Waals surface area contributed by atoms with Gasteiger partial charge < -0.3 is 5.32 Å². The summed E-state index contributed by atoms with van der Waals surface area (Å²) in [4.78, 5) is 16.7. The van der Waals surface area contributed by atoms with Gasteiger partial charge in [0.1, 0.15) is 6.54 Å². The van der Waals surface area contributed by atoms with E-state index in [9.17, 15) is 13.2 Å². The van der Waals surface area contributed by atoms with Gasteiger partial charge in [-0.05, 0) is 49.7 Å². The number of pyridine rings is 1. The molecule has 0 aliphatic heterocycles. The number of hydrogen-bond acceptors (Lipinski definition) is 4. The fourth-order valence-electron chi connectivity index (χ4n) is 2.75. The van der Waals surface area contributed by atoms with Gasteiger partial charge in [0.25, 0.3) is 10.0 Å². The standard InChI is InChI=1S/C22H23N3O3S/c1-17-5-9-20(10-6-17)25(29(27,28)21-11-7-18(2)8-12-21)16-22(26)24-15-19-4-3-13-23-14-19/h3-14H,15-16H2,1-2H3,(H,24,26). The number of rotatable bonds is 7. The highest BCUT2D eigenvalue weighted by atomic mass is 32.2. The molecule has 0 unspecified atom stereocenters. The van der Waals surface area contributed by atoms with Gasteiger partial charge in [0.05, 0.1) is 10.6 Å². The summed E-state index contributed by atoms with van der Waals surface area (Å²) in [6, 6.07) is 17.3. The number of benzene rings is 2. The van der Waals surface area contributed by atoms with Crippen LogP contribution in [0.5, 0.6) is 0 Å². The molecule has 0 bridgehead atoms. The van der Waals surface area contributed by atoms with Crippen LogP contribution in [0.2, 0.25) is 0 Å². The minimum Gasteiger partial charge on any atom is -0.350 e. The van der Waals surface area contributed by atoms with Crippen molar-refractivity contribution in [2.24, 2.45) is 0 Å². The molecule has 0 aliphatic rings. The number of carbonyl (C=O) groups is 1. The van der Waals surface area contributed by atoms with E-state index in [1.807, 2.05) is 32.0 Å². The highest BCUT2D eigenvalue weighted by Gasteiger charge is 2.27. The van der Waals surface area contributed by atoms with Crippen molar-refractivity contribution in [3.63, 3.8) is 0 Å². The van der Waals surface area contributed by atoms with Gasteiger partial charge in [0.15, 0.2) is 0 Å². The molecular weight excluding hydrogens is 386 g/mol. The number of anilines is 1. The third kappa shape index (κ3) is 5.20. The first kappa shape index (κ1) is 20.5. The van der Waals surface area contributed by atoms with E-state index in [1.165, 1.54) is 0 Å². The summed E-state index contributed by atoms with van der Waals surface area (Å²) in [6.45, 7) is 3.77. The fourth-order valence-corrected chi connectivity index (χ4v) is 4.17. The van der Waals surface area contributed by atoms with Crippen molar-refractivity contribution in [3.05, 3.63) is 89.7 Å². The van der Waals surface area contributed by atoms with Crippen LogP contribution in [0.3, 0.4) is 0 Å². The summed E-state index contributed by atoms with van der Waals surface area (Å²) in [6.07, 6.45) is 3.31. The normalized spacial score (nSPS) is 11.1. The molecule has 0 spiro atoms. The molecule has 0 saturated heterocycles. The summed E-state index contributed by atoms with van der Waals surface area (Å²) in [5.41, 5.74) is 3.24. The Morgan fingerprint density at radius 3 is 2.17 bits per heavy atom. The van der Waals surface area contributed by atoms with Crippen LogP contribution in [0.15, 0.2) is 78.0 Å². The second-order valence-corrected chi connectivity index (χ2v) is 8.66. The number of aryl methyl sites for hydroxylation is 2. The van der Waals surface area contributed by atoms with E-state index in [0.717, 1.165) is 21.0 Å². The van der Waals surface area contributed by atoms with Gasteiger partial charge in [-0.2, -0.15) is 0 Å². The third-order valence-corrected chi connectivity index (χ3v) is 6.22. The average molecular weight is 410 g/mol. The van der Waals surface area contributed by atoms with E-state index in [0.29, 0.717) is 5.69 Å². The first-order valence-corrected chi connectivity index (χ1v) is 10.6. The maximum atomic E-state index is 13.3. The highest BCUT2D eigenvalue weighted by molar-refractivity contribution is 7.92. The number of nitrogens with zero attached hydrogens (tertiary/aromatic N) is 2. The van der Waals surface area contributed by atoms with Crippen LogP contribution in [-0.2, 0) is 21.4 Å². The number of hydrogen-bond donors (Lipinski definition) is 1. The molecule has 1 N–H and O–H groups in total.